The van der Waals surface area contributed by atoms with Crippen LogP contribution in [0.3, 0.4) is 0 Å². The van der Waals surface area contributed by atoms with Crippen molar-refractivity contribution in [1.29, 1.82) is 0 Å². The zero-order valence-electron chi connectivity index (χ0n) is 9.87. The zero-order valence-corrected chi connectivity index (χ0v) is 10.7. The molecular weight excluding hydrogens is 256 g/mol. The molecule has 2 N–H and O–H groups in total. The number of aliphatic hydroxyl groups is 1. The molecule has 0 aromatic carbocycles. The number of aromatic nitrogens is 1. The first-order valence-corrected chi connectivity index (χ1v) is 6.46. The molecule has 1 aliphatic rings. The molecule has 0 spiro atoms. The predicted octanol–water partition coefficient (Wildman–Crippen LogP) is 0.0404. The van der Waals surface area contributed by atoms with Crippen molar-refractivity contribution in [2.24, 2.45) is 0 Å². The predicted molar refractivity (Wildman–Crippen MR) is 64.3 cm³/mol. The van der Waals surface area contributed by atoms with Crippen molar-refractivity contribution in [3.63, 3.8) is 0 Å². The summed E-state index contributed by atoms with van der Waals surface area (Å²) >= 11 is 1.45. The van der Waals surface area contributed by atoms with Gasteiger partial charge in [0.15, 0.2) is 0 Å². The number of carbonyl (C=O) groups is 2. The number of likely N-dealkylation sites (tertiary alicyclic amines) is 1. The van der Waals surface area contributed by atoms with E-state index in [0.717, 1.165) is 5.01 Å². The lowest BCUT2D eigenvalue weighted by atomic mass is 10.2. The van der Waals surface area contributed by atoms with Crippen LogP contribution in [0.2, 0.25) is 0 Å². The molecule has 1 saturated heterocycles. The van der Waals surface area contributed by atoms with Gasteiger partial charge in [-0.15, -0.1) is 11.3 Å². The Labute approximate surface area is 108 Å². The van der Waals surface area contributed by atoms with Gasteiger partial charge in [0.2, 0.25) is 5.91 Å². The highest BCUT2D eigenvalue weighted by molar-refractivity contribution is 7.09. The van der Waals surface area contributed by atoms with E-state index < -0.39 is 18.1 Å². The van der Waals surface area contributed by atoms with Gasteiger partial charge in [-0.05, 0) is 6.92 Å². The van der Waals surface area contributed by atoms with E-state index in [1.807, 2.05) is 6.92 Å². The Hall–Kier alpha value is -1.47. The number of thiazole rings is 1. The number of aryl methyl sites for hydroxylation is 1. The number of β-amino-alcohol motifs (C(OH)–C–C–N with tert-alkyl or cyclic N) is 1. The van der Waals surface area contributed by atoms with Crippen LogP contribution in [0, 0.1) is 6.92 Å². The average Bonchev–Trinajstić information content (AvgIpc) is 2.85. The van der Waals surface area contributed by atoms with Crippen LogP contribution in [-0.4, -0.2) is 50.7 Å². The van der Waals surface area contributed by atoms with Gasteiger partial charge in [0.25, 0.3) is 0 Å². The van der Waals surface area contributed by atoms with E-state index in [-0.39, 0.29) is 25.3 Å². The molecule has 2 heterocycles. The van der Waals surface area contributed by atoms with Crippen molar-refractivity contribution in [2.75, 3.05) is 6.54 Å². The maximum Gasteiger partial charge on any atom is 0.326 e. The van der Waals surface area contributed by atoms with E-state index in [1.54, 1.807) is 5.38 Å². The Morgan fingerprint density at radius 3 is 2.89 bits per heavy atom. The normalized spacial score (nSPS) is 23.3. The maximum absolute atomic E-state index is 12.0. The van der Waals surface area contributed by atoms with Gasteiger partial charge < -0.3 is 15.1 Å². The first kappa shape index (κ1) is 13.0. The molecule has 0 aliphatic carbocycles. The third kappa shape index (κ3) is 2.68. The van der Waals surface area contributed by atoms with Crippen LogP contribution < -0.4 is 0 Å². The number of carbonyl (C=O) groups excluding carboxylic acids is 1. The van der Waals surface area contributed by atoms with E-state index in [0.29, 0.717) is 5.69 Å². The first-order valence-electron chi connectivity index (χ1n) is 5.58. The SMILES string of the molecule is Cc1nc(CC(=O)N2C[C@H](O)C[C@@H]2C(=O)O)cs1. The van der Waals surface area contributed by atoms with Crippen LogP contribution in [0.1, 0.15) is 17.1 Å². The van der Waals surface area contributed by atoms with Crippen molar-refractivity contribution in [3.05, 3.63) is 16.1 Å². The molecule has 2 rings (SSSR count). The largest absolute Gasteiger partial charge is 0.480 e. The zero-order chi connectivity index (χ0) is 13.3. The first-order chi connectivity index (χ1) is 8.47. The van der Waals surface area contributed by atoms with Crippen LogP contribution in [-0.2, 0) is 16.0 Å². The summed E-state index contributed by atoms with van der Waals surface area (Å²) in [7, 11) is 0. The lowest BCUT2D eigenvalue weighted by Crippen LogP contribution is -2.41. The molecule has 6 nitrogen and oxygen atoms in total. The van der Waals surface area contributed by atoms with Crippen molar-refractivity contribution in [2.45, 2.75) is 31.9 Å². The van der Waals surface area contributed by atoms with Crippen molar-refractivity contribution >= 4 is 23.2 Å². The fourth-order valence-electron chi connectivity index (χ4n) is 2.07. The summed E-state index contributed by atoms with van der Waals surface area (Å²) in [5, 5.41) is 21.1. The molecule has 1 amide bonds. The second kappa shape index (κ2) is 5.03. The molecule has 18 heavy (non-hydrogen) atoms. The fourth-order valence-corrected chi connectivity index (χ4v) is 2.68. The Balaban J connectivity index is 2.06. The van der Waals surface area contributed by atoms with Gasteiger partial charge in [-0.2, -0.15) is 0 Å². The number of aliphatic carboxylic acids is 1. The standard InChI is InChI=1S/C11H14N2O4S/c1-6-12-7(5-18-6)2-10(15)13-4-8(14)3-9(13)11(16)17/h5,8-9,14H,2-4H2,1H3,(H,16,17)/t8-,9-/m1/s1. The van der Waals surface area contributed by atoms with Crippen LogP contribution in [0.5, 0.6) is 0 Å². The highest BCUT2D eigenvalue weighted by atomic mass is 32.1. The summed E-state index contributed by atoms with van der Waals surface area (Å²) in [5.41, 5.74) is 0.646. The topological polar surface area (TPSA) is 90.7 Å². The quantitative estimate of drug-likeness (QED) is 0.809. The lowest BCUT2D eigenvalue weighted by Gasteiger charge is -2.20. The Morgan fingerprint density at radius 1 is 1.61 bits per heavy atom. The summed E-state index contributed by atoms with van der Waals surface area (Å²) in [6.45, 7) is 1.93. The highest BCUT2D eigenvalue weighted by Gasteiger charge is 2.38. The van der Waals surface area contributed by atoms with Gasteiger partial charge >= 0.3 is 5.97 Å². The third-order valence-electron chi connectivity index (χ3n) is 2.88. The van der Waals surface area contributed by atoms with Gasteiger partial charge in [-0.25, -0.2) is 9.78 Å². The summed E-state index contributed by atoms with van der Waals surface area (Å²) < 4.78 is 0. The average molecular weight is 270 g/mol. The van der Waals surface area contributed by atoms with E-state index in [4.69, 9.17) is 5.11 Å². The van der Waals surface area contributed by atoms with Crippen molar-refractivity contribution in [1.82, 2.24) is 9.88 Å². The van der Waals surface area contributed by atoms with Crippen LogP contribution >= 0.6 is 11.3 Å². The highest BCUT2D eigenvalue weighted by Crippen LogP contribution is 2.20. The lowest BCUT2D eigenvalue weighted by molar-refractivity contribution is -0.148. The van der Waals surface area contributed by atoms with Crippen LogP contribution in [0.25, 0.3) is 0 Å². The summed E-state index contributed by atoms with van der Waals surface area (Å²) in [6, 6.07) is -0.924. The van der Waals surface area contributed by atoms with E-state index in [9.17, 15) is 14.7 Å². The van der Waals surface area contributed by atoms with Crippen molar-refractivity contribution in [3.8, 4) is 0 Å². The number of amides is 1. The molecule has 1 aromatic rings. The van der Waals surface area contributed by atoms with Gasteiger partial charge in [0.1, 0.15) is 6.04 Å². The number of nitrogens with zero attached hydrogens (tertiary/aromatic N) is 2. The molecule has 7 heteroatoms. The molecule has 1 aromatic heterocycles. The third-order valence-corrected chi connectivity index (χ3v) is 3.71. The molecule has 0 bridgehead atoms. The molecule has 1 fully saturated rings. The summed E-state index contributed by atoms with van der Waals surface area (Å²) in [5.74, 6) is -1.38. The van der Waals surface area contributed by atoms with Crippen molar-refractivity contribution < 1.29 is 19.8 Å². The second-order valence-electron chi connectivity index (χ2n) is 4.32. The van der Waals surface area contributed by atoms with Gasteiger partial charge in [0, 0.05) is 18.3 Å². The van der Waals surface area contributed by atoms with Gasteiger partial charge in [-0.1, -0.05) is 0 Å². The van der Waals surface area contributed by atoms with E-state index in [1.165, 1.54) is 16.2 Å². The molecule has 2 atom stereocenters. The Bertz CT molecular complexity index is 473. The minimum absolute atomic E-state index is 0.0823. The van der Waals surface area contributed by atoms with Gasteiger partial charge in [0.05, 0.1) is 23.2 Å². The number of hydrogen-bond acceptors (Lipinski definition) is 5. The smallest absolute Gasteiger partial charge is 0.326 e. The summed E-state index contributed by atoms with van der Waals surface area (Å²) in [4.78, 5) is 28.4. The minimum Gasteiger partial charge on any atom is -0.480 e. The number of rotatable bonds is 3. The molecule has 98 valence electrons. The van der Waals surface area contributed by atoms with Crippen LogP contribution in [0.15, 0.2) is 5.38 Å². The molecule has 0 unspecified atom stereocenters. The maximum atomic E-state index is 12.0. The number of carboxylic acid groups (broad SMARTS) is 1. The number of hydrogen-bond donors (Lipinski definition) is 2. The number of aliphatic hydroxyl groups excluding tert-OH is 1. The summed E-state index contributed by atoms with van der Waals surface area (Å²) in [6.07, 6.45) is -0.579. The monoisotopic (exact) mass is 270 g/mol. The number of carboxylic acids is 1. The van der Waals surface area contributed by atoms with Crippen LogP contribution in [0.4, 0.5) is 0 Å². The van der Waals surface area contributed by atoms with Gasteiger partial charge in [-0.3, -0.25) is 4.79 Å². The fraction of sp³-hybridized carbons (Fsp3) is 0.545. The second-order valence-corrected chi connectivity index (χ2v) is 5.39. The molecular formula is C11H14N2O4S. The Morgan fingerprint density at radius 2 is 2.33 bits per heavy atom. The minimum atomic E-state index is -1.07. The van der Waals surface area contributed by atoms with E-state index >= 15 is 0 Å². The van der Waals surface area contributed by atoms with E-state index in [2.05, 4.69) is 4.98 Å². The Kier molecular flexibility index (Phi) is 3.63. The molecule has 1 aliphatic heterocycles. The molecule has 0 saturated carbocycles. The molecule has 0 radical (unpaired) electrons.